The normalized spacial score (nSPS) is 14.2. The van der Waals surface area contributed by atoms with Crippen molar-refractivity contribution in [3.63, 3.8) is 0 Å². The molecule has 2 heterocycles. The third kappa shape index (κ3) is 5.38. The fraction of sp³-hybridized carbons (Fsp3) is 0.192. The second-order valence-corrected chi connectivity index (χ2v) is 7.66. The number of methoxy groups -OCH3 is 1. The number of esters is 1. The Morgan fingerprint density at radius 1 is 1.08 bits per heavy atom. The molecule has 186 valence electrons. The zero-order valence-corrected chi connectivity index (χ0v) is 19.6. The summed E-state index contributed by atoms with van der Waals surface area (Å²) in [5.41, 5.74) is 1.04. The number of furan rings is 1. The summed E-state index contributed by atoms with van der Waals surface area (Å²) in [5, 5.41) is 2.53. The molecule has 0 bridgehead atoms. The number of imide groups is 1. The molecule has 1 aromatic heterocycles. The van der Waals surface area contributed by atoms with Crippen LogP contribution in [0.1, 0.15) is 34.4 Å². The van der Waals surface area contributed by atoms with Crippen LogP contribution in [0.3, 0.4) is 0 Å². The smallest absolute Gasteiger partial charge is 0.373 e. The first-order valence-electron chi connectivity index (χ1n) is 11.0. The van der Waals surface area contributed by atoms with Gasteiger partial charge in [-0.15, -0.1) is 0 Å². The number of carbonyl (C=O) groups excluding carboxylic acids is 3. The minimum atomic E-state index is -0.662. The van der Waals surface area contributed by atoms with Crippen molar-refractivity contribution in [1.82, 2.24) is 10.2 Å². The first kappa shape index (κ1) is 24.5. The predicted octanol–water partition coefficient (Wildman–Crippen LogP) is 4.28. The summed E-state index contributed by atoms with van der Waals surface area (Å²) in [6.45, 7) is 2.02. The number of hydrogen-bond donors (Lipinski definition) is 1. The largest absolute Gasteiger partial charge is 0.490 e. The van der Waals surface area contributed by atoms with Crippen LogP contribution >= 0.6 is 0 Å². The molecule has 0 aliphatic carbocycles. The first-order valence-corrected chi connectivity index (χ1v) is 11.0. The van der Waals surface area contributed by atoms with E-state index in [0.717, 1.165) is 4.90 Å². The average Bonchev–Trinajstić information content (AvgIpc) is 3.44. The third-order valence-electron chi connectivity index (χ3n) is 5.24. The molecule has 0 atom stereocenters. The molecule has 10 heteroatoms. The van der Waals surface area contributed by atoms with E-state index in [2.05, 4.69) is 10.1 Å². The molecule has 3 aromatic rings. The Morgan fingerprint density at radius 2 is 1.89 bits per heavy atom. The number of rotatable bonds is 9. The van der Waals surface area contributed by atoms with Gasteiger partial charge in [0.15, 0.2) is 11.5 Å². The fourth-order valence-electron chi connectivity index (χ4n) is 3.48. The van der Waals surface area contributed by atoms with Crippen molar-refractivity contribution in [2.24, 2.45) is 0 Å². The number of carbonyl (C=O) groups is 3. The maximum atomic E-state index is 13.9. The van der Waals surface area contributed by atoms with Crippen LogP contribution in [0.4, 0.5) is 9.18 Å². The van der Waals surface area contributed by atoms with Crippen molar-refractivity contribution < 1.29 is 37.4 Å². The maximum absolute atomic E-state index is 13.9. The van der Waals surface area contributed by atoms with Crippen molar-refractivity contribution in [3.05, 3.63) is 88.8 Å². The lowest BCUT2D eigenvalue weighted by Gasteiger charge is -2.13. The summed E-state index contributed by atoms with van der Waals surface area (Å²) >= 11 is 0. The Morgan fingerprint density at radius 3 is 2.64 bits per heavy atom. The molecule has 0 unspecified atom stereocenters. The van der Waals surface area contributed by atoms with Gasteiger partial charge in [0.25, 0.3) is 5.91 Å². The molecular formula is C26H23FN2O7. The molecule has 3 amide bonds. The SMILES string of the molecule is CCOc1cc(/C=C2\NC(=O)N(Cc3ccc(C(=O)OC)o3)C2=O)ccc1OCc1ccccc1F. The molecule has 1 N–H and O–H groups in total. The number of urea groups is 1. The average molecular weight is 494 g/mol. The quantitative estimate of drug-likeness (QED) is 0.269. The van der Waals surface area contributed by atoms with Crippen LogP contribution < -0.4 is 14.8 Å². The minimum Gasteiger partial charge on any atom is -0.490 e. The third-order valence-corrected chi connectivity index (χ3v) is 5.24. The Labute approximate surface area is 206 Å². The van der Waals surface area contributed by atoms with Crippen LogP contribution in [0.15, 0.2) is 64.7 Å². The molecule has 1 aliphatic rings. The summed E-state index contributed by atoms with van der Waals surface area (Å²) in [6.07, 6.45) is 1.51. The lowest BCUT2D eigenvalue weighted by atomic mass is 10.1. The number of nitrogens with zero attached hydrogens (tertiary/aromatic N) is 1. The Kier molecular flexibility index (Phi) is 7.33. The van der Waals surface area contributed by atoms with E-state index in [9.17, 15) is 18.8 Å². The van der Waals surface area contributed by atoms with E-state index in [1.165, 1.54) is 31.4 Å². The fourth-order valence-corrected chi connectivity index (χ4v) is 3.48. The highest BCUT2D eigenvalue weighted by Crippen LogP contribution is 2.31. The highest BCUT2D eigenvalue weighted by atomic mass is 19.1. The molecule has 1 saturated heterocycles. The van der Waals surface area contributed by atoms with Gasteiger partial charge in [-0.25, -0.2) is 14.0 Å². The Hall–Kier alpha value is -4.60. The van der Waals surface area contributed by atoms with Crippen molar-refractivity contribution in [2.75, 3.05) is 13.7 Å². The minimum absolute atomic E-state index is 0.0150. The van der Waals surface area contributed by atoms with Crippen LogP contribution in [0.2, 0.25) is 0 Å². The van der Waals surface area contributed by atoms with Gasteiger partial charge in [-0.05, 0) is 48.9 Å². The van der Waals surface area contributed by atoms with E-state index in [4.69, 9.17) is 13.9 Å². The number of benzene rings is 2. The van der Waals surface area contributed by atoms with E-state index in [0.29, 0.717) is 29.2 Å². The zero-order valence-electron chi connectivity index (χ0n) is 19.6. The summed E-state index contributed by atoms with van der Waals surface area (Å²) < 4.78 is 35.3. The van der Waals surface area contributed by atoms with Gasteiger partial charge in [-0.2, -0.15) is 0 Å². The number of hydrogen-bond acceptors (Lipinski definition) is 7. The van der Waals surface area contributed by atoms with Gasteiger partial charge in [0.1, 0.15) is 23.9 Å². The Balaban J connectivity index is 1.49. The summed E-state index contributed by atoms with van der Waals surface area (Å²) in [7, 11) is 1.22. The van der Waals surface area contributed by atoms with E-state index in [1.807, 2.05) is 6.92 Å². The summed E-state index contributed by atoms with van der Waals surface area (Å²) in [4.78, 5) is 37.8. The number of amides is 3. The first-order chi connectivity index (χ1) is 17.4. The van der Waals surface area contributed by atoms with Gasteiger partial charge in [0, 0.05) is 5.56 Å². The predicted molar refractivity (Wildman–Crippen MR) is 125 cm³/mol. The molecule has 1 fully saturated rings. The van der Waals surface area contributed by atoms with Crippen molar-refractivity contribution >= 4 is 24.0 Å². The van der Waals surface area contributed by atoms with E-state index >= 15 is 0 Å². The van der Waals surface area contributed by atoms with Crippen LogP contribution in [0.25, 0.3) is 6.08 Å². The molecule has 36 heavy (non-hydrogen) atoms. The van der Waals surface area contributed by atoms with Gasteiger partial charge in [0.05, 0.1) is 20.3 Å². The number of halogens is 1. The van der Waals surface area contributed by atoms with Gasteiger partial charge in [-0.3, -0.25) is 9.69 Å². The van der Waals surface area contributed by atoms with E-state index < -0.39 is 17.9 Å². The highest BCUT2D eigenvalue weighted by Gasteiger charge is 2.34. The van der Waals surface area contributed by atoms with Crippen molar-refractivity contribution in [1.29, 1.82) is 0 Å². The van der Waals surface area contributed by atoms with E-state index in [-0.39, 0.29) is 36.2 Å². The van der Waals surface area contributed by atoms with Gasteiger partial charge < -0.3 is 23.9 Å². The second kappa shape index (κ2) is 10.8. The molecular weight excluding hydrogens is 471 g/mol. The topological polar surface area (TPSA) is 107 Å². The summed E-state index contributed by atoms with van der Waals surface area (Å²) in [5.74, 6) is -0.564. The lowest BCUT2D eigenvalue weighted by molar-refractivity contribution is -0.123. The standard InChI is InChI=1S/C26H23FN2O7/c1-3-34-23-13-16(8-10-21(23)35-15-17-6-4-5-7-19(17)27)12-20-24(30)29(26(32)28-20)14-18-9-11-22(36-18)25(31)33-2/h4-13H,3,14-15H2,1-2H3,(H,28,32)/b20-12-. The van der Waals surface area contributed by atoms with Gasteiger partial charge in [-0.1, -0.05) is 24.3 Å². The number of ether oxygens (including phenoxy) is 3. The molecule has 0 spiro atoms. The van der Waals surface area contributed by atoms with E-state index in [1.54, 1.807) is 36.4 Å². The van der Waals surface area contributed by atoms with Crippen LogP contribution in [-0.4, -0.2) is 36.5 Å². The van der Waals surface area contributed by atoms with Gasteiger partial charge >= 0.3 is 12.0 Å². The van der Waals surface area contributed by atoms with Crippen LogP contribution in [0, 0.1) is 5.82 Å². The molecule has 1 aliphatic heterocycles. The molecule has 0 radical (unpaired) electrons. The van der Waals surface area contributed by atoms with Crippen LogP contribution in [0.5, 0.6) is 11.5 Å². The Bertz CT molecular complexity index is 1330. The molecule has 4 rings (SSSR count). The van der Waals surface area contributed by atoms with Crippen molar-refractivity contribution in [2.45, 2.75) is 20.1 Å². The van der Waals surface area contributed by atoms with Crippen molar-refractivity contribution in [3.8, 4) is 11.5 Å². The highest BCUT2D eigenvalue weighted by molar-refractivity contribution is 6.13. The monoisotopic (exact) mass is 494 g/mol. The number of nitrogens with one attached hydrogen (secondary N) is 1. The van der Waals surface area contributed by atoms with Crippen LogP contribution in [-0.2, 0) is 22.7 Å². The summed E-state index contributed by atoms with van der Waals surface area (Å²) in [6, 6.07) is 13.6. The maximum Gasteiger partial charge on any atom is 0.373 e. The molecule has 2 aromatic carbocycles. The lowest BCUT2D eigenvalue weighted by Crippen LogP contribution is -2.30. The zero-order chi connectivity index (χ0) is 25.7. The molecule has 0 saturated carbocycles. The molecule has 9 nitrogen and oxygen atoms in total. The second-order valence-electron chi connectivity index (χ2n) is 7.66. The van der Waals surface area contributed by atoms with Gasteiger partial charge in [0.2, 0.25) is 5.76 Å².